The van der Waals surface area contributed by atoms with Gasteiger partial charge in [0, 0.05) is 11.3 Å². The fraction of sp³-hybridized carbons (Fsp3) is 0.0385. The van der Waals surface area contributed by atoms with Gasteiger partial charge in [-0.25, -0.2) is 14.1 Å². The first kappa shape index (κ1) is 19.6. The van der Waals surface area contributed by atoms with Crippen molar-refractivity contribution in [3.8, 4) is 17.1 Å². The molecule has 0 aliphatic heterocycles. The predicted octanol–water partition coefficient (Wildman–Crippen LogP) is 5.79. The highest BCUT2D eigenvalue weighted by molar-refractivity contribution is 6.03. The van der Waals surface area contributed by atoms with Crippen LogP contribution in [0.2, 0.25) is 0 Å². The van der Waals surface area contributed by atoms with Crippen LogP contribution in [0.25, 0.3) is 27.8 Å². The van der Waals surface area contributed by atoms with Crippen molar-refractivity contribution in [2.75, 3.05) is 5.32 Å². The molecule has 1 N–H and O–H groups in total. The molecule has 0 unspecified atom stereocenters. The summed E-state index contributed by atoms with van der Waals surface area (Å²) >= 11 is 0. The Balaban J connectivity index is 1.52. The number of nitrogens with zero attached hydrogens (tertiary/aromatic N) is 3. The molecule has 32 heavy (non-hydrogen) atoms. The van der Waals surface area contributed by atoms with Gasteiger partial charge in [0.2, 0.25) is 5.82 Å². The molecular formula is C26H19FN4O. The van der Waals surface area contributed by atoms with E-state index in [-0.39, 0.29) is 11.6 Å². The van der Waals surface area contributed by atoms with Crippen LogP contribution >= 0.6 is 0 Å². The minimum absolute atomic E-state index is 0.0260. The second-order valence-corrected chi connectivity index (χ2v) is 7.53. The number of anilines is 1. The van der Waals surface area contributed by atoms with Crippen LogP contribution in [0.5, 0.6) is 0 Å². The quantitative estimate of drug-likeness (QED) is 0.399. The van der Waals surface area contributed by atoms with Gasteiger partial charge in [0.05, 0.1) is 5.69 Å². The first-order valence-electron chi connectivity index (χ1n) is 10.2. The van der Waals surface area contributed by atoms with E-state index < -0.39 is 5.91 Å². The van der Waals surface area contributed by atoms with Crippen LogP contribution in [0.1, 0.15) is 16.2 Å². The Morgan fingerprint density at radius 1 is 0.875 bits per heavy atom. The van der Waals surface area contributed by atoms with E-state index in [0.717, 1.165) is 21.9 Å². The maximum atomic E-state index is 13.4. The number of hydrogen-bond donors (Lipinski definition) is 1. The number of amides is 1. The summed E-state index contributed by atoms with van der Waals surface area (Å²) in [6, 6.07) is 27.3. The summed E-state index contributed by atoms with van der Waals surface area (Å²) in [4.78, 5) is 17.5. The number of aryl methyl sites for hydroxylation is 1. The summed E-state index contributed by atoms with van der Waals surface area (Å²) in [7, 11) is 0. The van der Waals surface area contributed by atoms with Crippen LogP contribution < -0.4 is 5.32 Å². The fourth-order valence-electron chi connectivity index (χ4n) is 3.51. The van der Waals surface area contributed by atoms with E-state index in [4.69, 9.17) is 0 Å². The lowest BCUT2D eigenvalue weighted by Crippen LogP contribution is -2.14. The van der Waals surface area contributed by atoms with Crippen molar-refractivity contribution in [1.29, 1.82) is 0 Å². The molecule has 1 amide bonds. The van der Waals surface area contributed by atoms with Gasteiger partial charge < -0.3 is 5.32 Å². The number of aromatic nitrogens is 3. The Morgan fingerprint density at radius 3 is 2.34 bits per heavy atom. The zero-order chi connectivity index (χ0) is 22.1. The summed E-state index contributed by atoms with van der Waals surface area (Å²) in [5.41, 5.74) is 3.18. The van der Waals surface area contributed by atoms with Gasteiger partial charge in [-0.3, -0.25) is 4.79 Å². The van der Waals surface area contributed by atoms with E-state index >= 15 is 0 Å². The van der Waals surface area contributed by atoms with Crippen LogP contribution in [0.15, 0.2) is 91.0 Å². The maximum Gasteiger partial charge on any atom is 0.295 e. The second-order valence-electron chi connectivity index (χ2n) is 7.53. The molecule has 0 radical (unpaired) electrons. The molecule has 0 aliphatic carbocycles. The van der Waals surface area contributed by atoms with Crippen molar-refractivity contribution >= 4 is 22.4 Å². The standard InChI is InChI=1S/C26H19FN4O/c1-17-6-8-19(9-7-17)25-29-24(30-31(25)23-14-11-21(27)12-15-23)26(32)28-22-13-10-18-4-2-3-5-20(18)16-22/h2-16H,1H3,(H,28,32). The largest absolute Gasteiger partial charge is 0.319 e. The summed E-state index contributed by atoms with van der Waals surface area (Å²) in [5.74, 6) is -0.243. The topological polar surface area (TPSA) is 59.8 Å². The molecule has 5 aromatic rings. The van der Waals surface area contributed by atoms with E-state index in [2.05, 4.69) is 15.4 Å². The van der Waals surface area contributed by atoms with Gasteiger partial charge in [0.15, 0.2) is 5.82 Å². The van der Waals surface area contributed by atoms with Crippen molar-refractivity contribution < 1.29 is 9.18 Å². The average molecular weight is 422 g/mol. The summed E-state index contributed by atoms with van der Waals surface area (Å²) < 4.78 is 15.0. The summed E-state index contributed by atoms with van der Waals surface area (Å²) in [5, 5.41) is 9.43. The smallest absolute Gasteiger partial charge is 0.295 e. The minimum atomic E-state index is -0.422. The number of benzene rings is 4. The summed E-state index contributed by atoms with van der Waals surface area (Å²) in [6.07, 6.45) is 0. The number of halogens is 1. The average Bonchev–Trinajstić information content (AvgIpc) is 3.26. The maximum absolute atomic E-state index is 13.4. The number of nitrogens with one attached hydrogen (secondary N) is 1. The molecule has 0 fully saturated rings. The molecule has 0 bridgehead atoms. The minimum Gasteiger partial charge on any atom is -0.319 e. The van der Waals surface area contributed by atoms with Crippen molar-refractivity contribution in [3.05, 3.63) is 108 Å². The number of hydrogen-bond acceptors (Lipinski definition) is 3. The molecule has 0 spiro atoms. The van der Waals surface area contributed by atoms with Gasteiger partial charge in [-0.2, -0.15) is 0 Å². The third-order valence-corrected chi connectivity index (χ3v) is 5.20. The SMILES string of the molecule is Cc1ccc(-c2nc(C(=O)Nc3ccc4ccccc4c3)nn2-c2ccc(F)cc2)cc1. The van der Waals surface area contributed by atoms with Gasteiger partial charge >= 0.3 is 0 Å². The zero-order valence-corrected chi connectivity index (χ0v) is 17.3. The molecule has 1 aromatic heterocycles. The first-order valence-corrected chi connectivity index (χ1v) is 10.2. The molecule has 5 rings (SSSR count). The normalized spacial score (nSPS) is 10.9. The molecule has 1 heterocycles. The monoisotopic (exact) mass is 422 g/mol. The molecule has 5 nitrogen and oxygen atoms in total. The van der Waals surface area contributed by atoms with Gasteiger partial charge in [0.1, 0.15) is 5.82 Å². The number of fused-ring (bicyclic) bond motifs is 1. The van der Waals surface area contributed by atoms with Crippen LogP contribution in [0, 0.1) is 12.7 Å². The third kappa shape index (κ3) is 3.86. The van der Waals surface area contributed by atoms with Gasteiger partial charge in [-0.15, -0.1) is 5.10 Å². The predicted molar refractivity (Wildman–Crippen MR) is 123 cm³/mol. The van der Waals surface area contributed by atoms with Crippen LogP contribution in [-0.4, -0.2) is 20.7 Å². The lowest BCUT2D eigenvalue weighted by molar-refractivity contribution is 0.101. The molecule has 0 saturated carbocycles. The van der Waals surface area contributed by atoms with Crippen molar-refractivity contribution in [2.24, 2.45) is 0 Å². The van der Waals surface area contributed by atoms with Crippen LogP contribution in [0.3, 0.4) is 0 Å². The Kier molecular flexibility index (Phi) is 4.95. The number of rotatable bonds is 4. The Labute approximate surface area is 184 Å². The lowest BCUT2D eigenvalue weighted by Gasteiger charge is -2.06. The Morgan fingerprint density at radius 2 is 1.59 bits per heavy atom. The molecule has 4 aromatic carbocycles. The van der Waals surface area contributed by atoms with Gasteiger partial charge in [-0.05, 0) is 54.1 Å². The Hall–Kier alpha value is -4.32. The third-order valence-electron chi connectivity index (χ3n) is 5.20. The van der Waals surface area contributed by atoms with Gasteiger partial charge in [0.25, 0.3) is 5.91 Å². The van der Waals surface area contributed by atoms with Crippen LogP contribution in [-0.2, 0) is 0 Å². The first-order chi connectivity index (χ1) is 15.6. The van der Waals surface area contributed by atoms with E-state index in [0.29, 0.717) is 17.2 Å². The van der Waals surface area contributed by atoms with E-state index in [9.17, 15) is 9.18 Å². The van der Waals surface area contributed by atoms with E-state index in [1.807, 2.05) is 73.7 Å². The second kappa shape index (κ2) is 8.07. The number of carbonyl (C=O) groups is 1. The van der Waals surface area contributed by atoms with E-state index in [1.165, 1.54) is 12.1 Å². The van der Waals surface area contributed by atoms with Gasteiger partial charge in [-0.1, -0.05) is 60.2 Å². The molecule has 0 atom stereocenters. The highest BCUT2D eigenvalue weighted by Crippen LogP contribution is 2.23. The van der Waals surface area contributed by atoms with Crippen molar-refractivity contribution in [1.82, 2.24) is 14.8 Å². The van der Waals surface area contributed by atoms with Crippen molar-refractivity contribution in [2.45, 2.75) is 6.92 Å². The molecular weight excluding hydrogens is 403 g/mol. The molecule has 156 valence electrons. The Bertz CT molecular complexity index is 1360. The lowest BCUT2D eigenvalue weighted by atomic mass is 10.1. The fourth-order valence-corrected chi connectivity index (χ4v) is 3.51. The van der Waals surface area contributed by atoms with Crippen LogP contribution in [0.4, 0.5) is 10.1 Å². The zero-order valence-electron chi connectivity index (χ0n) is 17.3. The highest BCUT2D eigenvalue weighted by Gasteiger charge is 2.19. The summed E-state index contributed by atoms with van der Waals surface area (Å²) in [6.45, 7) is 2.00. The molecule has 6 heteroatoms. The van der Waals surface area contributed by atoms with E-state index in [1.54, 1.807) is 16.8 Å². The van der Waals surface area contributed by atoms with Crippen molar-refractivity contribution in [3.63, 3.8) is 0 Å². The molecule has 0 saturated heterocycles. The number of carbonyl (C=O) groups excluding carboxylic acids is 1. The molecule has 0 aliphatic rings. The highest BCUT2D eigenvalue weighted by atomic mass is 19.1.